The van der Waals surface area contributed by atoms with Crippen LogP contribution in [0.5, 0.6) is 0 Å². The Kier molecular flexibility index (Phi) is 7.12. The molecule has 3 amide bonds. The number of anilines is 2. The van der Waals surface area contributed by atoms with Crippen molar-refractivity contribution in [1.82, 2.24) is 10.5 Å². The lowest BCUT2D eigenvalue weighted by atomic mass is 10.0. The van der Waals surface area contributed by atoms with Crippen LogP contribution in [0.3, 0.4) is 0 Å². The van der Waals surface area contributed by atoms with Crippen molar-refractivity contribution in [3.8, 4) is 11.3 Å². The Balaban J connectivity index is 1.63. The average Bonchev–Trinajstić information content (AvgIpc) is 3.21. The summed E-state index contributed by atoms with van der Waals surface area (Å²) in [6, 6.07) is 12.7. The molecule has 1 atom stereocenters. The second-order valence-corrected chi connectivity index (χ2v) is 8.14. The highest BCUT2D eigenvalue weighted by Crippen LogP contribution is 2.22. The fourth-order valence-electron chi connectivity index (χ4n) is 3.31. The van der Waals surface area contributed by atoms with Crippen molar-refractivity contribution < 1.29 is 24.0 Å². The zero-order valence-corrected chi connectivity index (χ0v) is 18.8. The third-order valence-electron chi connectivity index (χ3n) is 4.87. The summed E-state index contributed by atoms with van der Waals surface area (Å²) in [6.45, 7) is 7.32. The lowest BCUT2D eigenvalue weighted by molar-refractivity contribution is -0.140. The van der Waals surface area contributed by atoms with Gasteiger partial charge in [-0.15, -0.1) is 0 Å². The topological polar surface area (TPSA) is 134 Å². The molecule has 9 nitrogen and oxygen atoms in total. The summed E-state index contributed by atoms with van der Waals surface area (Å²) in [4.78, 5) is 35.9. The maximum absolute atomic E-state index is 12.3. The maximum Gasteiger partial charge on any atom is 0.326 e. The zero-order valence-electron chi connectivity index (χ0n) is 18.8. The number of nitrogens with zero attached hydrogens (tertiary/aromatic N) is 1. The van der Waals surface area contributed by atoms with Gasteiger partial charge in [0.2, 0.25) is 5.76 Å². The Morgan fingerprint density at radius 3 is 2.09 bits per heavy atom. The summed E-state index contributed by atoms with van der Waals surface area (Å²) in [7, 11) is 0. The van der Waals surface area contributed by atoms with Crippen LogP contribution in [0.15, 0.2) is 53.1 Å². The van der Waals surface area contributed by atoms with E-state index in [0.717, 1.165) is 11.1 Å². The fraction of sp³-hybridized carbons (Fsp3) is 0.250. The van der Waals surface area contributed by atoms with Crippen molar-refractivity contribution in [3.05, 3.63) is 65.4 Å². The molecule has 2 aromatic carbocycles. The molecule has 9 heteroatoms. The van der Waals surface area contributed by atoms with Crippen LogP contribution in [0.25, 0.3) is 11.3 Å². The van der Waals surface area contributed by atoms with E-state index in [1.165, 1.54) is 6.07 Å². The van der Waals surface area contributed by atoms with E-state index in [0.29, 0.717) is 22.6 Å². The molecule has 33 heavy (non-hydrogen) atoms. The van der Waals surface area contributed by atoms with Crippen LogP contribution in [0.4, 0.5) is 16.2 Å². The van der Waals surface area contributed by atoms with Gasteiger partial charge in [0.1, 0.15) is 11.7 Å². The van der Waals surface area contributed by atoms with E-state index in [1.54, 1.807) is 38.1 Å². The first-order valence-corrected chi connectivity index (χ1v) is 10.4. The number of carboxylic acid groups (broad SMARTS) is 1. The summed E-state index contributed by atoms with van der Waals surface area (Å²) in [5.41, 5.74) is 4.46. The molecule has 4 N–H and O–H groups in total. The molecule has 0 saturated carbocycles. The minimum absolute atomic E-state index is 0.0908. The Bertz CT molecular complexity index is 1150. The van der Waals surface area contributed by atoms with E-state index in [-0.39, 0.29) is 17.7 Å². The summed E-state index contributed by atoms with van der Waals surface area (Å²) in [5, 5.41) is 21.1. The first-order valence-electron chi connectivity index (χ1n) is 10.4. The molecule has 0 spiro atoms. The molecule has 0 aliphatic heterocycles. The van der Waals surface area contributed by atoms with Gasteiger partial charge in [0.25, 0.3) is 5.91 Å². The number of carboxylic acids is 1. The van der Waals surface area contributed by atoms with E-state index >= 15 is 0 Å². The quantitative estimate of drug-likeness (QED) is 0.420. The number of aromatic nitrogens is 1. The lowest BCUT2D eigenvalue weighted by Gasteiger charge is -2.16. The highest BCUT2D eigenvalue weighted by atomic mass is 16.5. The standard InChI is InChI=1S/C24H26N4O5/c1-13(2)21(23(30)31)27-22(29)20-12-19(28-33-20)16-5-7-17(8-6-16)25-24(32)26-18-10-14(3)9-15(4)11-18/h5-13,21H,1-4H3,(H,27,29)(H,30,31)(H2,25,26,32). The van der Waals surface area contributed by atoms with Gasteiger partial charge in [0.15, 0.2) is 0 Å². The summed E-state index contributed by atoms with van der Waals surface area (Å²) in [6.07, 6.45) is 0. The van der Waals surface area contributed by atoms with Gasteiger partial charge in [-0.1, -0.05) is 37.2 Å². The van der Waals surface area contributed by atoms with Crippen molar-refractivity contribution in [1.29, 1.82) is 0 Å². The van der Waals surface area contributed by atoms with Gasteiger partial charge in [-0.05, 0) is 55.2 Å². The lowest BCUT2D eigenvalue weighted by Crippen LogP contribution is -2.44. The van der Waals surface area contributed by atoms with Gasteiger partial charge in [0, 0.05) is 23.0 Å². The zero-order chi connectivity index (χ0) is 24.1. The number of rotatable bonds is 7. The predicted molar refractivity (Wildman–Crippen MR) is 124 cm³/mol. The maximum atomic E-state index is 12.3. The molecular formula is C24H26N4O5. The summed E-state index contributed by atoms with van der Waals surface area (Å²) in [5.74, 6) is -2.16. The largest absolute Gasteiger partial charge is 0.480 e. The van der Waals surface area contributed by atoms with Crippen LogP contribution in [0.1, 0.15) is 35.5 Å². The van der Waals surface area contributed by atoms with Crippen LogP contribution in [-0.4, -0.2) is 34.2 Å². The monoisotopic (exact) mass is 450 g/mol. The van der Waals surface area contributed by atoms with Crippen molar-refractivity contribution in [3.63, 3.8) is 0 Å². The van der Waals surface area contributed by atoms with Gasteiger partial charge in [-0.25, -0.2) is 9.59 Å². The van der Waals surface area contributed by atoms with E-state index in [9.17, 15) is 19.5 Å². The first kappa shape index (κ1) is 23.5. The number of aliphatic carboxylic acids is 1. The van der Waals surface area contributed by atoms with Gasteiger partial charge in [-0.2, -0.15) is 0 Å². The van der Waals surface area contributed by atoms with Crippen LogP contribution in [-0.2, 0) is 4.79 Å². The Hall–Kier alpha value is -4.14. The molecule has 0 bridgehead atoms. The highest BCUT2D eigenvalue weighted by molar-refractivity contribution is 6.00. The highest BCUT2D eigenvalue weighted by Gasteiger charge is 2.25. The van der Waals surface area contributed by atoms with E-state index in [4.69, 9.17) is 4.52 Å². The van der Waals surface area contributed by atoms with Crippen molar-refractivity contribution in [2.24, 2.45) is 5.92 Å². The minimum Gasteiger partial charge on any atom is -0.480 e. The third kappa shape index (κ3) is 6.19. The molecule has 3 aromatic rings. The molecule has 0 fully saturated rings. The number of nitrogens with one attached hydrogen (secondary N) is 3. The number of benzene rings is 2. The SMILES string of the molecule is Cc1cc(C)cc(NC(=O)Nc2ccc(-c3cc(C(=O)NC(C(=O)O)C(C)C)on3)cc2)c1. The molecule has 1 aromatic heterocycles. The predicted octanol–water partition coefficient (Wildman–Crippen LogP) is 4.44. The van der Waals surface area contributed by atoms with Gasteiger partial charge >= 0.3 is 12.0 Å². The number of hydrogen-bond acceptors (Lipinski definition) is 5. The number of carbonyl (C=O) groups excluding carboxylic acids is 2. The van der Waals surface area contributed by atoms with Crippen molar-refractivity contribution >= 4 is 29.3 Å². The number of amides is 3. The number of carbonyl (C=O) groups is 3. The number of urea groups is 1. The molecule has 1 heterocycles. The number of hydrogen-bond donors (Lipinski definition) is 4. The van der Waals surface area contributed by atoms with Crippen LogP contribution >= 0.6 is 0 Å². The summed E-state index contributed by atoms with van der Waals surface area (Å²) >= 11 is 0. The molecule has 0 aliphatic carbocycles. The smallest absolute Gasteiger partial charge is 0.326 e. The molecule has 172 valence electrons. The van der Waals surface area contributed by atoms with Crippen LogP contribution in [0, 0.1) is 19.8 Å². The number of aryl methyl sites for hydroxylation is 2. The van der Waals surface area contributed by atoms with E-state index < -0.39 is 17.9 Å². The molecule has 0 radical (unpaired) electrons. The Morgan fingerprint density at radius 1 is 0.909 bits per heavy atom. The molecule has 1 unspecified atom stereocenters. The summed E-state index contributed by atoms with van der Waals surface area (Å²) < 4.78 is 5.09. The minimum atomic E-state index is -1.12. The molecule has 3 rings (SSSR count). The molecular weight excluding hydrogens is 424 g/mol. The van der Waals surface area contributed by atoms with Crippen LogP contribution < -0.4 is 16.0 Å². The Labute approximate surface area is 191 Å². The van der Waals surface area contributed by atoms with Gasteiger partial charge in [0.05, 0.1) is 0 Å². The van der Waals surface area contributed by atoms with E-state index in [2.05, 4.69) is 21.1 Å². The van der Waals surface area contributed by atoms with Gasteiger partial charge in [-0.3, -0.25) is 4.79 Å². The van der Waals surface area contributed by atoms with Gasteiger partial charge < -0.3 is 25.6 Å². The second kappa shape index (κ2) is 9.99. The second-order valence-electron chi connectivity index (χ2n) is 8.14. The first-order chi connectivity index (χ1) is 15.6. The average molecular weight is 450 g/mol. The van der Waals surface area contributed by atoms with E-state index in [1.807, 2.05) is 32.0 Å². The van der Waals surface area contributed by atoms with Crippen LogP contribution in [0.2, 0.25) is 0 Å². The van der Waals surface area contributed by atoms with Crippen molar-refractivity contribution in [2.45, 2.75) is 33.7 Å². The molecule has 0 saturated heterocycles. The normalized spacial score (nSPS) is 11.7. The third-order valence-corrected chi connectivity index (χ3v) is 4.87. The van der Waals surface area contributed by atoms with Crippen molar-refractivity contribution in [2.75, 3.05) is 10.6 Å². The fourth-order valence-corrected chi connectivity index (χ4v) is 3.31. The molecule has 0 aliphatic rings. The Morgan fingerprint density at radius 2 is 1.52 bits per heavy atom.